The average Bonchev–Trinajstić information content (AvgIpc) is 3.07. The zero-order chi connectivity index (χ0) is 24.0. The van der Waals surface area contributed by atoms with Gasteiger partial charge in [-0.2, -0.15) is 26.3 Å². The number of carbonyl (C=O) groups excluding carboxylic acids is 1. The lowest BCUT2D eigenvalue weighted by Gasteiger charge is -2.10. The van der Waals surface area contributed by atoms with Crippen molar-refractivity contribution in [2.45, 2.75) is 12.4 Å². The zero-order valence-electron chi connectivity index (χ0n) is 16.9. The molecule has 0 saturated carbocycles. The maximum Gasteiger partial charge on any atom is 0.416 e. The third-order valence-electron chi connectivity index (χ3n) is 5.13. The molecule has 0 bridgehead atoms. The highest BCUT2D eigenvalue weighted by Gasteiger charge is 2.35. The molecule has 0 aliphatic carbocycles. The Morgan fingerprint density at radius 2 is 1.52 bits per heavy atom. The molecule has 0 aromatic heterocycles. The number of allylic oxidation sites excluding steroid dienone is 1. The molecular weight excluding hydrogens is 448 g/mol. The van der Waals surface area contributed by atoms with E-state index in [1.54, 1.807) is 12.1 Å². The summed E-state index contributed by atoms with van der Waals surface area (Å²) in [6.07, 6.45) is -7.87. The van der Waals surface area contributed by atoms with Gasteiger partial charge in [-0.3, -0.25) is 4.79 Å². The average molecular weight is 463 g/mol. The lowest BCUT2D eigenvalue weighted by molar-refractivity contribution is -0.138. The van der Waals surface area contributed by atoms with Crippen LogP contribution in [0.25, 0.3) is 22.4 Å². The van der Waals surface area contributed by atoms with Crippen LogP contribution in [0.3, 0.4) is 0 Å². The van der Waals surface area contributed by atoms with Gasteiger partial charge in [0.25, 0.3) is 0 Å². The van der Waals surface area contributed by atoms with E-state index in [1.165, 1.54) is 37.4 Å². The fourth-order valence-electron chi connectivity index (χ4n) is 3.56. The molecule has 3 aromatic rings. The van der Waals surface area contributed by atoms with Gasteiger partial charge < -0.3 is 10.1 Å². The van der Waals surface area contributed by atoms with Gasteiger partial charge in [0.2, 0.25) is 11.7 Å². The number of hydrogen-bond acceptors (Lipinski definition) is 3. The highest BCUT2D eigenvalue weighted by atomic mass is 19.4. The van der Waals surface area contributed by atoms with Gasteiger partial charge in [0, 0.05) is 7.05 Å². The highest BCUT2D eigenvalue weighted by molar-refractivity contribution is 6.31. The first-order valence-corrected chi connectivity index (χ1v) is 9.63. The van der Waals surface area contributed by atoms with E-state index in [0.717, 1.165) is 24.3 Å². The molecule has 1 N–H and O–H groups in total. The summed E-state index contributed by atoms with van der Waals surface area (Å²) < 4.78 is 84.4. The first-order valence-electron chi connectivity index (χ1n) is 9.63. The van der Waals surface area contributed by atoms with Crippen LogP contribution in [-0.4, -0.2) is 12.8 Å². The van der Waals surface area contributed by atoms with Crippen LogP contribution in [0.15, 0.2) is 72.3 Å². The predicted molar refractivity (Wildman–Crippen MR) is 110 cm³/mol. The molecular formula is C24H15F6NO2. The molecule has 3 aromatic carbocycles. The standard InChI is InChI=1S/C24H15F6NO2/c1-31-22-20(15-6-3-7-16(10-15)23(25,26)27)21(32)19(33-22)11-14-5-2-4-13-8-9-17(12-18(13)14)24(28,29)30/h2-12,31H,1H3/b19-11+. The summed E-state index contributed by atoms with van der Waals surface area (Å²) in [5.74, 6) is -0.971. The number of alkyl halides is 6. The molecule has 0 spiro atoms. The minimum Gasteiger partial charge on any atom is -0.436 e. The summed E-state index contributed by atoms with van der Waals surface area (Å²) in [7, 11) is 1.44. The molecule has 0 amide bonds. The fourth-order valence-corrected chi connectivity index (χ4v) is 3.56. The van der Waals surface area contributed by atoms with Crippen molar-refractivity contribution in [3.05, 3.63) is 94.6 Å². The highest BCUT2D eigenvalue weighted by Crippen LogP contribution is 2.37. The van der Waals surface area contributed by atoms with E-state index in [1.807, 2.05) is 0 Å². The predicted octanol–water partition coefficient (Wildman–Crippen LogP) is 6.41. The lowest BCUT2D eigenvalue weighted by Crippen LogP contribution is -2.09. The Morgan fingerprint density at radius 3 is 2.18 bits per heavy atom. The third-order valence-corrected chi connectivity index (χ3v) is 5.13. The summed E-state index contributed by atoms with van der Waals surface area (Å²) in [6, 6.07) is 12.3. The number of rotatable bonds is 3. The fraction of sp³-hybridized carbons (Fsp3) is 0.125. The van der Waals surface area contributed by atoms with E-state index in [0.29, 0.717) is 10.9 Å². The maximum atomic E-state index is 13.2. The first kappa shape index (κ1) is 22.4. The van der Waals surface area contributed by atoms with Gasteiger partial charge >= 0.3 is 12.4 Å². The monoisotopic (exact) mass is 463 g/mol. The Bertz CT molecular complexity index is 1320. The van der Waals surface area contributed by atoms with Gasteiger partial charge in [-0.25, -0.2) is 0 Å². The molecule has 0 saturated heterocycles. The number of hydrogen-bond donors (Lipinski definition) is 1. The van der Waals surface area contributed by atoms with Gasteiger partial charge in [0.05, 0.1) is 16.7 Å². The number of fused-ring (bicyclic) bond motifs is 1. The SMILES string of the molecule is CNC1=C(c2cccc(C(F)(F)F)c2)C(=O)/C(=C\c2cccc3ccc(C(F)(F)F)cc23)O1. The van der Waals surface area contributed by atoms with Crippen molar-refractivity contribution >= 4 is 28.2 Å². The summed E-state index contributed by atoms with van der Waals surface area (Å²) >= 11 is 0. The van der Waals surface area contributed by atoms with Gasteiger partial charge in [0.15, 0.2) is 5.76 Å². The number of ether oxygens (including phenoxy) is 1. The van der Waals surface area contributed by atoms with E-state index in [4.69, 9.17) is 4.74 Å². The van der Waals surface area contributed by atoms with E-state index in [2.05, 4.69) is 5.32 Å². The third kappa shape index (κ3) is 4.30. The second-order valence-electron chi connectivity index (χ2n) is 7.25. The topological polar surface area (TPSA) is 38.3 Å². The molecule has 0 atom stereocenters. The largest absolute Gasteiger partial charge is 0.436 e. The molecule has 3 nitrogen and oxygen atoms in total. The van der Waals surface area contributed by atoms with Crippen LogP contribution in [0.4, 0.5) is 26.3 Å². The summed E-state index contributed by atoms with van der Waals surface area (Å²) in [5, 5.41) is 3.41. The summed E-state index contributed by atoms with van der Waals surface area (Å²) in [5.41, 5.74) is -1.59. The van der Waals surface area contributed by atoms with Gasteiger partial charge in [-0.05, 0) is 52.2 Å². The Kier molecular flexibility index (Phi) is 5.43. The Hall–Kier alpha value is -3.75. The van der Waals surface area contributed by atoms with Crippen molar-refractivity contribution < 1.29 is 35.9 Å². The number of halogens is 6. The Labute approximate surface area is 184 Å². The number of ketones is 1. The summed E-state index contributed by atoms with van der Waals surface area (Å²) in [6.45, 7) is 0. The van der Waals surface area contributed by atoms with Crippen LogP contribution < -0.4 is 5.32 Å². The molecule has 0 fully saturated rings. The van der Waals surface area contributed by atoms with E-state index >= 15 is 0 Å². The van der Waals surface area contributed by atoms with Crippen molar-refractivity contribution in [1.29, 1.82) is 0 Å². The summed E-state index contributed by atoms with van der Waals surface area (Å²) in [4.78, 5) is 13.1. The molecule has 0 radical (unpaired) electrons. The van der Waals surface area contributed by atoms with Crippen LogP contribution in [0.1, 0.15) is 22.3 Å². The Balaban J connectivity index is 1.78. The normalized spacial score (nSPS) is 16.0. The number of benzene rings is 3. The molecule has 1 aliphatic heterocycles. The maximum absolute atomic E-state index is 13.2. The molecule has 1 aliphatic rings. The van der Waals surface area contributed by atoms with Crippen molar-refractivity contribution in [1.82, 2.24) is 5.32 Å². The zero-order valence-corrected chi connectivity index (χ0v) is 16.9. The molecule has 1 heterocycles. The van der Waals surface area contributed by atoms with Crippen LogP contribution in [0.2, 0.25) is 0 Å². The van der Waals surface area contributed by atoms with Crippen molar-refractivity contribution in [3.63, 3.8) is 0 Å². The minimum atomic E-state index is -4.60. The van der Waals surface area contributed by atoms with Gasteiger partial charge in [-0.1, -0.05) is 36.4 Å². The van der Waals surface area contributed by atoms with Crippen LogP contribution in [-0.2, 0) is 21.9 Å². The van der Waals surface area contributed by atoms with E-state index < -0.39 is 29.3 Å². The number of nitrogens with one attached hydrogen (secondary N) is 1. The quantitative estimate of drug-likeness (QED) is 0.361. The van der Waals surface area contributed by atoms with E-state index in [-0.39, 0.29) is 28.2 Å². The second kappa shape index (κ2) is 7.99. The van der Waals surface area contributed by atoms with Crippen molar-refractivity contribution in [2.24, 2.45) is 0 Å². The molecule has 9 heteroatoms. The molecule has 170 valence electrons. The molecule has 4 rings (SSSR count). The lowest BCUT2D eigenvalue weighted by atomic mass is 9.98. The minimum absolute atomic E-state index is 0.000137. The van der Waals surface area contributed by atoms with Crippen molar-refractivity contribution in [2.75, 3.05) is 7.05 Å². The smallest absolute Gasteiger partial charge is 0.416 e. The van der Waals surface area contributed by atoms with Crippen LogP contribution in [0, 0.1) is 0 Å². The van der Waals surface area contributed by atoms with E-state index in [9.17, 15) is 31.1 Å². The Morgan fingerprint density at radius 1 is 0.848 bits per heavy atom. The molecule has 0 unspecified atom stereocenters. The first-order chi connectivity index (χ1) is 15.5. The van der Waals surface area contributed by atoms with Gasteiger partial charge in [0.1, 0.15) is 0 Å². The van der Waals surface area contributed by atoms with Crippen molar-refractivity contribution in [3.8, 4) is 0 Å². The van der Waals surface area contributed by atoms with Crippen LogP contribution in [0.5, 0.6) is 0 Å². The second-order valence-corrected chi connectivity index (χ2v) is 7.25. The molecule has 33 heavy (non-hydrogen) atoms. The number of Topliss-reactive ketones (excluding diaryl/α,β-unsaturated/α-hetero) is 1. The van der Waals surface area contributed by atoms with Gasteiger partial charge in [-0.15, -0.1) is 0 Å². The number of carbonyl (C=O) groups is 1. The van der Waals surface area contributed by atoms with Crippen LogP contribution >= 0.6 is 0 Å².